The third-order valence-corrected chi connectivity index (χ3v) is 3.25. The molecular weight excluding hydrogens is 224 g/mol. The number of carboxylic acid groups (broad SMARTS) is 1. The van der Waals surface area contributed by atoms with E-state index in [-0.39, 0.29) is 12.0 Å². The van der Waals surface area contributed by atoms with Crippen LogP contribution in [0.1, 0.15) is 19.3 Å². The lowest BCUT2D eigenvalue weighted by Crippen LogP contribution is -2.45. The topological polar surface area (TPSA) is 87.7 Å². The van der Waals surface area contributed by atoms with Crippen LogP contribution in [0, 0.1) is 5.92 Å². The van der Waals surface area contributed by atoms with Crippen LogP contribution in [0.25, 0.3) is 0 Å². The van der Waals surface area contributed by atoms with Crippen molar-refractivity contribution in [2.75, 3.05) is 19.6 Å². The van der Waals surface area contributed by atoms with Gasteiger partial charge in [0.05, 0.1) is 6.10 Å². The van der Waals surface area contributed by atoms with Gasteiger partial charge in [-0.15, -0.1) is 0 Å². The Morgan fingerprint density at radius 2 is 2.12 bits per heavy atom. The van der Waals surface area contributed by atoms with Gasteiger partial charge < -0.3 is 20.5 Å². The molecule has 2 aliphatic rings. The molecule has 2 saturated heterocycles. The van der Waals surface area contributed by atoms with Crippen LogP contribution in [0.2, 0.25) is 0 Å². The predicted octanol–water partition coefficient (Wildman–Crippen LogP) is -0.656. The van der Waals surface area contributed by atoms with Crippen molar-refractivity contribution in [2.24, 2.45) is 5.92 Å². The first-order chi connectivity index (χ1) is 8.15. The first-order valence-corrected chi connectivity index (χ1v) is 6.01. The number of carboxylic acids is 1. The van der Waals surface area contributed by atoms with E-state index in [1.54, 1.807) is 0 Å². The molecule has 2 heterocycles. The van der Waals surface area contributed by atoms with Gasteiger partial charge in [-0.05, 0) is 31.8 Å². The largest absolute Gasteiger partial charge is 0.479 e. The Bertz CT molecular complexity index is 304. The molecule has 2 atom stereocenters. The average molecular weight is 242 g/mol. The Balaban J connectivity index is 1.61. The monoisotopic (exact) mass is 242 g/mol. The summed E-state index contributed by atoms with van der Waals surface area (Å²) in [6.45, 7) is 2.24. The summed E-state index contributed by atoms with van der Waals surface area (Å²) in [6.07, 6.45) is 0.916. The Labute approximate surface area is 99.7 Å². The van der Waals surface area contributed by atoms with Crippen LogP contribution >= 0.6 is 0 Å². The standard InChI is InChI=1S/C11H18N2O4/c14-10(3-7-4-12-5-7)13-6-8-1-2-9(17-8)11(15)16/h7-9,12H,1-6H2,(H,13,14)(H,15,16). The van der Waals surface area contributed by atoms with Gasteiger partial charge in [0, 0.05) is 13.0 Å². The van der Waals surface area contributed by atoms with E-state index < -0.39 is 12.1 Å². The maximum absolute atomic E-state index is 11.5. The van der Waals surface area contributed by atoms with Crippen molar-refractivity contribution < 1.29 is 19.4 Å². The molecular formula is C11H18N2O4. The second kappa shape index (κ2) is 5.46. The summed E-state index contributed by atoms with van der Waals surface area (Å²) < 4.78 is 5.29. The molecule has 0 aromatic heterocycles. The molecule has 0 radical (unpaired) electrons. The van der Waals surface area contributed by atoms with Gasteiger partial charge >= 0.3 is 5.97 Å². The highest BCUT2D eigenvalue weighted by molar-refractivity contribution is 5.76. The molecule has 2 fully saturated rings. The summed E-state index contributed by atoms with van der Waals surface area (Å²) in [4.78, 5) is 22.2. The highest BCUT2D eigenvalue weighted by Crippen LogP contribution is 2.19. The maximum Gasteiger partial charge on any atom is 0.332 e. The van der Waals surface area contributed by atoms with Crippen LogP contribution in [-0.4, -0.2) is 48.8 Å². The van der Waals surface area contributed by atoms with Crippen LogP contribution < -0.4 is 10.6 Å². The molecule has 3 N–H and O–H groups in total. The summed E-state index contributed by atoms with van der Waals surface area (Å²) in [7, 11) is 0. The van der Waals surface area contributed by atoms with Gasteiger partial charge in [-0.25, -0.2) is 4.79 Å². The smallest absolute Gasteiger partial charge is 0.332 e. The Morgan fingerprint density at radius 1 is 1.35 bits per heavy atom. The van der Waals surface area contributed by atoms with E-state index in [1.807, 2.05) is 0 Å². The molecule has 6 nitrogen and oxygen atoms in total. The van der Waals surface area contributed by atoms with E-state index in [1.165, 1.54) is 0 Å². The molecule has 2 rings (SSSR count). The Morgan fingerprint density at radius 3 is 2.65 bits per heavy atom. The van der Waals surface area contributed by atoms with Gasteiger partial charge in [-0.2, -0.15) is 0 Å². The van der Waals surface area contributed by atoms with Crippen molar-refractivity contribution in [3.05, 3.63) is 0 Å². The number of rotatable bonds is 5. The molecule has 17 heavy (non-hydrogen) atoms. The lowest BCUT2D eigenvalue weighted by atomic mass is 9.99. The molecule has 0 aliphatic carbocycles. The first-order valence-electron chi connectivity index (χ1n) is 6.01. The molecule has 96 valence electrons. The number of amides is 1. The molecule has 0 spiro atoms. The summed E-state index contributed by atoms with van der Waals surface area (Å²) >= 11 is 0. The van der Waals surface area contributed by atoms with Crippen LogP contribution in [0.15, 0.2) is 0 Å². The number of nitrogens with one attached hydrogen (secondary N) is 2. The molecule has 0 aromatic rings. The highest BCUT2D eigenvalue weighted by Gasteiger charge is 2.30. The molecule has 0 saturated carbocycles. The van der Waals surface area contributed by atoms with Crippen molar-refractivity contribution in [2.45, 2.75) is 31.5 Å². The van der Waals surface area contributed by atoms with Gasteiger partial charge in [-0.3, -0.25) is 4.79 Å². The minimum atomic E-state index is -0.917. The summed E-state index contributed by atoms with van der Waals surface area (Å²) in [5, 5.41) is 14.7. The second-order valence-electron chi connectivity index (χ2n) is 4.69. The lowest BCUT2D eigenvalue weighted by Gasteiger charge is -2.26. The third kappa shape index (κ3) is 3.41. The fraction of sp³-hybridized carbons (Fsp3) is 0.818. The van der Waals surface area contributed by atoms with Gasteiger partial charge in [-0.1, -0.05) is 0 Å². The number of aliphatic carboxylic acids is 1. The second-order valence-corrected chi connectivity index (χ2v) is 4.69. The zero-order valence-corrected chi connectivity index (χ0v) is 9.65. The number of hydrogen-bond acceptors (Lipinski definition) is 4. The number of hydrogen-bond donors (Lipinski definition) is 3. The van der Waals surface area contributed by atoms with Crippen molar-refractivity contribution in [3.63, 3.8) is 0 Å². The van der Waals surface area contributed by atoms with Gasteiger partial charge in [0.15, 0.2) is 6.10 Å². The fourth-order valence-electron chi connectivity index (χ4n) is 2.09. The molecule has 0 aromatic carbocycles. The zero-order valence-electron chi connectivity index (χ0n) is 9.65. The van der Waals surface area contributed by atoms with Crippen molar-refractivity contribution in [1.82, 2.24) is 10.6 Å². The molecule has 2 aliphatic heterocycles. The SMILES string of the molecule is O=C(CC1CNC1)NCC1CCC(C(=O)O)O1. The third-order valence-electron chi connectivity index (χ3n) is 3.25. The molecule has 1 amide bonds. The number of carbonyl (C=O) groups excluding carboxylic acids is 1. The average Bonchev–Trinajstić information content (AvgIpc) is 2.69. The van der Waals surface area contributed by atoms with E-state index in [0.717, 1.165) is 13.1 Å². The zero-order chi connectivity index (χ0) is 12.3. The summed E-state index contributed by atoms with van der Waals surface area (Å²) in [5.41, 5.74) is 0. The summed E-state index contributed by atoms with van der Waals surface area (Å²) in [5.74, 6) is -0.440. The maximum atomic E-state index is 11.5. The molecule has 0 bridgehead atoms. The van der Waals surface area contributed by atoms with Gasteiger partial charge in [0.25, 0.3) is 0 Å². The quantitative estimate of drug-likeness (QED) is 0.596. The Kier molecular flexibility index (Phi) is 3.96. The van der Waals surface area contributed by atoms with Crippen LogP contribution in [0.4, 0.5) is 0 Å². The van der Waals surface area contributed by atoms with Crippen molar-refractivity contribution in [1.29, 1.82) is 0 Å². The fourth-order valence-corrected chi connectivity index (χ4v) is 2.09. The normalized spacial score (nSPS) is 28.7. The lowest BCUT2D eigenvalue weighted by molar-refractivity contribution is -0.149. The number of ether oxygens (including phenoxy) is 1. The minimum absolute atomic E-state index is 0.0267. The Hall–Kier alpha value is -1.14. The molecule has 2 unspecified atom stereocenters. The number of carbonyl (C=O) groups is 2. The van der Waals surface area contributed by atoms with E-state index >= 15 is 0 Å². The van der Waals surface area contributed by atoms with Crippen LogP contribution in [-0.2, 0) is 14.3 Å². The molecule has 6 heteroatoms. The van der Waals surface area contributed by atoms with E-state index in [2.05, 4.69) is 10.6 Å². The van der Waals surface area contributed by atoms with Crippen LogP contribution in [0.5, 0.6) is 0 Å². The van der Waals surface area contributed by atoms with Gasteiger partial charge in [0.1, 0.15) is 0 Å². The van der Waals surface area contributed by atoms with E-state index in [4.69, 9.17) is 9.84 Å². The highest BCUT2D eigenvalue weighted by atomic mass is 16.5. The summed E-state index contributed by atoms with van der Waals surface area (Å²) in [6, 6.07) is 0. The predicted molar refractivity (Wildman–Crippen MR) is 59.5 cm³/mol. The minimum Gasteiger partial charge on any atom is -0.479 e. The van der Waals surface area contributed by atoms with Gasteiger partial charge in [0.2, 0.25) is 5.91 Å². The van der Waals surface area contributed by atoms with Crippen molar-refractivity contribution >= 4 is 11.9 Å². The van der Waals surface area contributed by atoms with E-state index in [9.17, 15) is 9.59 Å². The van der Waals surface area contributed by atoms with Crippen LogP contribution in [0.3, 0.4) is 0 Å². The van der Waals surface area contributed by atoms with Crippen molar-refractivity contribution in [3.8, 4) is 0 Å². The first kappa shape index (κ1) is 12.3. The van der Waals surface area contributed by atoms with E-state index in [0.29, 0.717) is 31.7 Å².